The van der Waals surface area contributed by atoms with Gasteiger partial charge in [0.15, 0.2) is 0 Å². The van der Waals surface area contributed by atoms with Crippen molar-refractivity contribution >= 4 is 5.97 Å². The molecule has 3 aliphatic rings. The van der Waals surface area contributed by atoms with Gasteiger partial charge in [-0.25, -0.2) is 0 Å². The van der Waals surface area contributed by atoms with E-state index in [0.29, 0.717) is 17.6 Å². The molecule has 0 N–H and O–H groups in total. The Morgan fingerprint density at radius 3 is 2.23 bits per heavy atom. The van der Waals surface area contributed by atoms with Gasteiger partial charge in [0.25, 0.3) is 0 Å². The van der Waals surface area contributed by atoms with Gasteiger partial charge in [-0.2, -0.15) is 8.78 Å². The average molecular weight is 421 g/mol. The first-order valence-electron chi connectivity index (χ1n) is 11.8. The number of alkyl halides is 2. The largest absolute Gasteiger partial charge is 0.435 e. The van der Waals surface area contributed by atoms with E-state index in [4.69, 9.17) is 4.74 Å². The number of hydrogen-bond donors (Lipinski definition) is 0. The summed E-state index contributed by atoms with van der Waals surface area (Å²) >= 11 is 0. The first-order valence-corrected chi connectivity index (χ1v) is 11.8. The quantitative estimate of drug-likeness (QED) is 0.386. The van der Waals surface area contributed by atoms with Crippen LogP contribution in [0.2, 0.25) is 0 Å². The molecule has 166 valence electrons. The van der Waals surface area contributed by atoms with Crippen molar-refractivity contribution in [2.75, 3.05) is 0 Å². The number of benzene rings is 1. The highest BCUT2D eigenvalue weighted by Crippen LogP contribution is 2.50. The molecule has 4 atom stereocenters. The van der Waals surface area contributed by atoms with Crippen LogP contribution in [-0.4, -0.2) is 12.6 Å². The summed E-state index contributed by atoms with van der Waals surface area (Å²) in [6.45, 7) is -0.478. The van der Waals surface area contributed by atoms with Crippen molar-refractivity contribution in [3.8, 4) is 11.5 Å². The molecule has 0 heterocycles. The summed E-state index contributed by atoms with van der Waals surface area (Å²) in [7, 11) is 0. The zero-order valence-electron chi connectivity index (χ0n) is 17.9. The Labute approximate surface area is 178 Å². The van der Waals surface area contributed by atoms with E-state index in [9.17, 15) is 13.6 Å². The zero-order valence-corrected chi connectivity index (χ0v) is 17.9. The van der Waals surface area contributed by atoms with Crippen molar-refractivity contribution in [2.45, 2.75) is 77.7 Å². The fourth-order valence-corrected chi connectivity index (χ4v) is 6.36. The van der Waals surface area contributed by atoms with Crippen molar-refractivity contribution in [2.24, 2.45) is 35.5 Å². The monoisotopic (exact) mass is 420 g/mol. The topological polar surface area (TPSA) is 35.5 Å². The van der Waals surface area contributed by atoms with E-state index in [1.165, 1.54) is 69.2 Å². The molecular formula is C25H34F2O3. The van der Waals surface area contributed by atoms with E-state index in [0.717, 1.165) is 37.0 Å². The number of fused-ring (bicyclic) bond motifs is 1. The molecule has 5 heteroatoms. The van der Waals surface area contributed by atoms with Crippen LogP contribution < -0.4 is 9.47 Å². The lowest BCUT2D eigenvalue weighted by atomic mass is 9.59. The molecule has 0 radical (unpaired) electrons. The minimum absolute atomic E-state index is 0.0342. The van der Waals surface area contributed by atoms with Crippen LogP contribution in [0.5, 0.6) is 11.5 Å². The fraction of sp³-hybridized carbons (Fsp3) is 0.720. The first-order chi connectivity index (χ1) is 14.5. The third-order valence-electron chi connectivity index (χ3n) is 7.99. The second kappa shape index (κ2) is 9.65. The minimum atomic E-state index is -2.86. The number of carbonyl (C=O) groups is 1. The molecule has 0 amide bonds. The Morgan fingerprint density at radius 2 is 1.53 bits per heavy atom. The molecule has 4 unspecified atom stereocenters. The molecule has 30 heavy (non-hydrogen) atoms. The van der Waals surface area contributed by atoms with Crippen LogP contribution >= 0.6 is 0 Å². The summed E-state index contributed by atoms with van der Waals surface area (Å²) in [5, 5.41) is 0. The molecule has 3 nitrogen and oxygen atoms in total. The van der Waals surface area contributed by atoms with Gasteiger partial charge in [-0.05, 0) is 92.4 Å². The van der Waals surface area contributed by atoms with Crippen LogP contribution in [0.3, 0.4) is 0 Å². The number of hydrogen-bond acceptors (Lipinski definition) is 3. The Hall–Kier alpha value is -1.65. The maximum Gasteiger partial charge on any atom is 0.387 e. The van der Waals surface area contributed by atoms with Gasteiger partial charge in [0.1, 0.15) is 11.5 Å². The molecule has 0 aromatic heterocycles. The molecule has 3 fully saturated rings. The lowest BCUT2D eigenvalue weighted by molar-refractivity contribution is -0.144. The zero-order chi connectivity index (χ0) is 21.1. The van der Waals surface area contributed by atoms with Crippen molar-refractivity contribution in [3.05, 3.63) is 24.3 Å². The molecule has 0 bridgehead atoms. The highest BCUT2D eigenvalue weighted by atomic mass is 19.3. The third-order valence-corrected chi connectivity index (χ3v) is 7.99. The van der Waals surface area contributed by atoms with Crippen molar-refractivity contribution in [1.29, 1.82) is 0 Å². The number of esters is 1. The molecule has 0 aliphatic heterocycles. The number of ether oxygens (including phenoxy) is 2. The summed E-state index contributed by atoms with van der Waals surface area (Å²) in [5.41, 5.74) is 0. The SMILES string of the molecule is CC1CCC(C2CCC3C(CCCC3C(=O)Oc3ccc(OC(F)F)cc3)C2)CC1. The maximum atomic E-state index is 12.9. The van der Waals surface area contributed by atoms with E-state index >= 15 is 0 Å². The lowest BCUT2D eigenvalue weighted by Crippen LogP contribution is -2.40. The van der Waals surface area contributed by atoms with Gasteiger partial charge < -0.3 is 9.47 Å². The average Bonchev–Trinajstić information content (AvgIpc) is 2.74. The highest BCUT2D eigenvalue weighted by molar-refractivity contribution is 5.75. The Bertz CT molecular complexity index is 697. The van der Waals surface area contributed by atoms with Gasteiger partial charge in [-0.3, -0.25) is 4.79 Å². The molecule has 1 aromatic carbocycles. The number of rotatable bonds is 5. The lowest BCUT2D eigenvalue weighted by Gasteiger charge is -2.45. The summed E-state index contributed by atoms with van der Waals surface area (Å²) in [5.74, 6) is 3.99. The summed E-state index contributed by atoms with van der Waals surface area (Å²) in [4.78, 5) is 12.9. The summed E-state index contributed by atoms with van der Waals surface area (Å²) in [6.07, 6.45) is 12.5. The smallest absolute Gasteiger partial charge is 0.387 e. The van der Waals surface area contributed by atoms with Crippen LogP contribution in [0.1, 0.15) is 71.1 Å². The molecule has 3 aliphatic carbocycles. The summed E-state index contributed by atoms with van der Waals surface area (Å²) in [6, 6.07) is 5.87. The van der Waals surface area contributed by atoms with Crippen molar-refractivity contribution in [3.63, 3.8) is 0 Å². The molecule has 4 rings (SSSR count). The molecule has 3 saturated carbocycles. The van der Waals surface area contributed by atoms with Gasteiger partial charge in [-0.1, -0.05) is 32.6 Å². The number of carbonyl (C=O) groups excluding carboxylic acids is 1. The van der Waals surface area contributed by atoms with Gasteiger partial charge in [0.05, 0.1) is 5.92 Å². The van der Waals surface area contributed by atoms with E-state index < -0.39 is 6.61 Å². The van der Waals surface area contributed by atoms with Gasteiger partial charge >= 0.3 is 12.6 Å². The normalized spacial score (nSPS) is 34.3. The predicted octanol–water partition coefficient (Wildman–Crippen LogP) is 6.85. The van der Waals surface area contributed by atoms with Crippen LogP contribution in [0.4, 0.5) is 8.78 Å². The third kappa shape index (κ3) is 5.15. The van der Waals surface area contributed by atoms with Crippen molar-refractivity contribution in [1.82, 2.24) is 0 Å². The first kappa shape index (κ1) is 21.6. The second-order valence-corrected chi connectivity index (χ2v) is 9.83. The molecule has 0 saturated heterocycles. The standard InChI is InChI=1S/C25H34F2O3/c1-16-5-7-17(8-6-16)18-9-14-22-19(15-18)3-2-4-23(22)24(28)29-20-10-12-21(13-11-20)30-25(26)27/h10-13,16-19,22-23,25H,2-9,14-15H2,1H3. The Kier molecular flexibility index (Phi) is 6.94. The van der Waals surface area contributed by atoms with Crippen LogP contribution in [0.15, 0.2) is 24.3 Å². The van der Waals surface area contributed by atoms with Crippen molar-refractivity contribution < 1.29 is 23.0 Å². The van der Waals surface area contributed by atoms with Gasteiger partial charge in [-0.15, -0.1) is 0 Å². The van der Waals surface area contributed by atoms with E-state index in [2.05, 4.69) is 11.7 Å². The number of halogens is 2. The van der Waals surface area contributed by atoms with E-state index in [1.54, 1.807) is 0 Å². The summed E-state index contributed by atoms with van der Waals surface area (Å²) < 4.78 is 34.6. The van der Waals surface area contributed by atoms with Crippen LogP contribution in [0, 0.1) is 35.5 Å². The fourth-order valence-electron chi connectivity index (χ4n) is 6.36. The Balaban J connectivity index is 1.33. The molecule has 1 aromatic rings. The highest BCUT2D eigenvalue weighted by Gasteiger charge is 2.43. The van der Waals surface area contributed by atoms with Gasteiger partial charge in [0, 0.05) is 0 Å². The van der Waals surface area contributed by atoms with Crippen LogP contribution in [0.25, 0.3) is 0 Å². The molecular weight excluding hydrogens is 386 g/mol. The second-order valence-electron chi connectivity index (χ2n) is 9.83. The van der Waals surface area contributed by atoms with Gasteiger partial charge in [0.2, 0.25) is 0 Å². The van der Waals surface area contributed by atoms with E-state index in [-0.39, 0.29) is 17.6 Å². The predicted molar refractivity (Wildman–Crippen MR) is 111 cm³/mol. The van der Waals surface area contributed by atoms with E-state index in [1.807, 2.05) is 0 Å². The molecule has 0 spiro atoms. The minimum Gasteiger partial charge on any atom is -0.435 e. The van der Waals surface area contributed by atoms with Crippen LogP contribution in [-0.2, 0) is 4.79 Å². The maximum absolute atomic E-state index is 12.9. The Morgan fingerprint density at radius 1 is 0.867 bits per heavy atom.